The Kier molecular flexibility index (Phi) is 5.71. The van der Waals surface area contributed by atoms with Gasteiger partial charge in [0.2, 0.25) is 0 Å². The number of halogens is 1. The first kappa shape index (κ1) is 14.5. The maximum Gasteiger partial charge on any atom is 0.0317 e. The first-order chi connectivity index (χ1) is 8.68. The SMILES string of the molecule is CC(C)NCC1CCCCCC1c1sccc1Br. The number of nitrogens with one attached hydrogen (secondary N) is 1. The maximum atomic E-state index is 3.72. The molecule has 0 radical (unpaired) electrons. The summed E-state index contributed by atoms with van der Waals surface area (Å²) in [7, 11) is 0. The molecule has 1 fully saturated rings. The lowest BCUT2D eigenvalue weighted by Gasteiger charge is -2.26. The molecule has 1 saturated carbocycles. The molecule has 0 spiro atoms. The van der Waals surface area contributed by atoms with Gasteiger partial charge in [-0.15, -0.1) is 11.3 Å². The molecule has 2 atom stereocenters. The molecular weight excluding hydrogens is 306 g/mol. The van der Waals surface area contributed by atoms with Crippen LogP contribution < -0.4 is 5.32 Å². The van der Waals surface area contributed by atoms with Gasteiger partial charge in [-0.3, -0.25) is 0 Å². The van der Waals surface area contributed by atoms with Gasteiger partial charge in [0.15, 0.2) is 0 Å². The normalized spacial score (nSPS) is 25.3. The minimum Gasteiger partial charge on any atom is -0.314 e. The summed E-state index contributed by atoms with van der Waals surface area (Å²) in [5, 5.41) is 5.86. The highest BCUT2D eigenvalue weighted by Gasteiger charge is 2.27. The zero-order chi connectivity index (χ0) is 13.0. The van der Waals surface area contributed by atoms with Crippen LogP contribution in [0.2, 0.25) is 0 Å². The third-order valence-corrected chi connectivity index (χ3v) is 5.93. The first-order valence-electron chi connectivity index (χ1n) is 7.14. The Labute approximate surface area is 123 Å². The van der Waals surface area contributed by atoms with E-state index in [-0.39, 0.29) is 0 Å². The molecule has 0 aliphatic heterocycles. The molecule has 1 nitrogen and oxygen atoms in total. The van der Waals surface area contributed by atoms with E-state index in [2.05, 4.69) is 46.5 Å². The molecule has 0 amide bonds. The van der Waals surface area contributed by atoms with Gasteiger partial charge in [-0.1, -0.05) is 33.1 Å². The Morgan fingerprint density at radius 2 is 2.11 bits per heavy atom. The standard InChI is InChI=1S/C15H24BrNS/c1-11(2)17-10-12-6-4-3-5-7-13(12)15-14(16)8-9-18-15/h8-9,11-13,17H,3-7,10H2,1-2H3. The van der Waals surface area contributed by atoms with Crippen LogP contribution in [0.25, 0.3) is 0 Å². The number of hydrogen-bond acceptors (Lipinski definition) is 2. The number of thiophene rings is 1. The average molecular weight is 330 g/mol. The second kappa shape index (κ2) is 7.06. The third kappa shape index (κ3) is 3.82. The van der Waals surface area contributed by atoms with Gasteiger partial charge in [0.25, 0.3) is 0 Å². The summed E-state index contributed by atoms with van der Waals surface area (Å²) in [5.74, 6) is 1.57. The predicted octanol–water partition coefficient (Wildman–Crippen LogP) is 5.17. The topological polar surface area (TPSA) is 12.0 Å². The maximum absolute atomic E-state index is 3.72. The molecule has 0 aromatic carbocycles. The van der Waals surface area contributed by atoms with Crippen LogP contribution in [0.3, 0.4) is 0 Å². The molecule has 1 aliphatic carbocycles. The fourth-order valence-corrected chi connectivity index (χ4v) is 4.83. The molecular formula is C15H24BrNS. The molecule has 1 aromatic heterocycles. The van der Waals surface area contributed by atoms with E-state index < -0.39 is 0 Å². The average Bonchev–Trinajstić information content (AvgIpc) is 2.63. The largest absolute Gasteiger partial charge is 0.314 e. The summed E-state index contributed by atoms with van der Waals surface area (Å²) in [6, 6.07) is 2.80. The quantitative estimate of drug-likeness (QED) is 0.751. The van der Waals surface area contributed by atoms with Gasteiger partial charge in [-0.05, 0) is 58.6 Å². The van der Waals surface area contributed by atoms with Crippen LogP contribution in [0, 0.1) is 5.92 Å². The van der Waals surface area contributed by atoms with E-state index in [1.165, 1.54) is 43.1 Å². The Morgan fingerprint density at radius 1 is 1.33 bits per heavy atom. The van der Waals surface area contributed by atoms with Crippen LogP contribution in [-0.2, 0) is 0 Å². The van der Waals surface area contributed by atoms with Crippen molar-refractivity contribution in [3.63, 3.8) is 0 Å². The fraction of sp³-hybridized carbons (Fsp3) is 0.733. The minimum atomic E-state index is 0.598. The lowest BCUT2D eigenvalue weighted by molar-refractivity contribution is 0.365. The van der Waals surface area contributed by atoms with Crippen LogP contribution in [0.15, 0.2) is 15.9 Å². The van der Waals surface area contributed by atoms with Crippen LogP contribution in [-0.4, -0.2) is 12.6 Å². The molecule has 102 valence electrons. The lowest BCUT2D eigenvalue weighted by Crippen LogP contribution is -2.31. The fourth-order valence-electron chi connectivity index (χ4n) is 2.93. The number of rotatable bonds is 4. The zero-order valence-corrected chi connectivity index (χ0v) is 13.8. The monoisotopic (exact) mass is 329 g/mol. The van der Waals surface area contributed by atoms with Crippen molar-refractivity contribution in [1.82, 2.24) is 5.32 Å². The summed E-state index contributed by atoms with van der Waals surface area (Å²) in [6.07, 6.45) is 6.97. The highest BCUT2D eigenvalue weighted by molar-refractivity contribution is 9.10. The van der Waals surface area contributed by atoms with Gasteiger partial charge in [0.1, 0.15) is 0 Å². The lowest BCUT2D eigenvalue weighted by atomic mass is 9.86. The van der Waals surface area contributed by atoms with Gasteiger partial charge >= 0.3 is 0 Å². The molecule has 1 heterocycles. The Hall–Kier alpha value is 0.140. The molecule has 1 aliphatic rings. The minimum absolute atomic E-state index is 0.598. The van der Waals surface area contributed by atoms with Crippen molar-refractivity contribution < 1.29 is 0 Å². The van der Waals surface area contributed by atoms with Gasteiger partial charge in [-0.2, -0.15) is 0 Å². The Balaban J connectivity index is 2.09. The molecule has 3 heteroatoms. The molecule has 1 aromatic rings. The second-order valence-electron chi connectivity index (χ2n) is 5.70. The third-order valence-electron chi connectivity index (χ3n) is 3.93. The van der Waals surface area contributed by atoms with E-state index in [4.69, 9.17) is 0 Å². The van der Waals surface area contributed by atoms with E-state index in [0.29, 0.717) is 6.04 Å². The second-order valence-corrected chi connectivity index (χ2v) is 7.50. The van der Waals surface area contributed by atoms with Crippen molar-refractivity contribution in [1.29, 1.82) is 0 Å². The van der Waals surface area contributed by atoms with Crippen molar-refractivity contribution in [2.24, 2.45) is 5.92 Å². The molecule has 2 rings (SSSR count). The van der Waals surface area contributed by atoms with E-state index in [0.717, 1.165) is 11.8 Å². The Bertz CT molecular complexity index is 361. The molecule has 2 unspecified atom stereocenters. The highest BCUT2D eigenvalue weighted by atomic mass is 79.9. The molecule has 18 heavy (non-hydrogen) atoms. The smallest absolute Gasteiger partial charge is 0.0317 e. The summed E-state index contributed by atoms with van der Waals surface area (Å²) >= 11 is 5.65. The van der Waals surface area contributed by atoms with Gasteiger partial charge in [0, 0.05) is 15.4 Å². The van der Waals surface area contributed by atoms with Crippen LogP contribution >= 0.6 is 27.3 Å². The highest BCUT2D eigenvalue weighted by Crippen LogP contribution is 2.41. The molecule has 1 N–H and O–H groups in total. The van der Waals surface area contributed by atoms with Crippen molar-refractivity contribution in [3.8, 4) is 0 Å². The van der Waals surface area contributed by atoms with E-state index >= 15 is 0 Å². The summed E-state index contributed by atoms with van der Waals surface area (Å²) in [4.78, 5) is 1.58. The van der Waals surface area contributed by atoms with Crippen molar-refractivity contribution >= 4 is 27.3 Å². The van der Waals surface area contributed by atoms with E-state index in [9.17, 15) is 0 Å². The summed E-state index contributed by atoms with van der Waals surface area (Å²) in [5.41, 5.74) is 0. The van der Waals surface area contributed by atoms with Crippen LogP contribution in [0.5, 0.6) is 0 Å². The van der Waals surface area contributed by atoms with Crippen molar-refractivity contribution in [2.45, 2.75) is 57.9 Å². The van der Waals surface area contributed by atoms with Crippen molar-refractivity contribution in [2.75, 3.05) is 6.54 Å². The summed E-state index contributed by atoms with van der Waals surface area (Å²) in [6.45, 7) is 5.66. The number of hydrogen-bond donors (Lipinski definition) is 1. The Morgan fingerprint density at radius 3 is 2.78 bits per heavy atom. The van der Waals surface area contributed by atoms with Crippen LogP contribution in [0.4, 0.5) is 0 Å². The van der Waals surface area contributed by atoms with Gasteiger partial charge in [-0.25, -0.2) is 0 Å². The van der Waals surface area contributed by atoms with E-state index in [1.54, 1.807) is 4.88 Å². The van der Waals surface area contributed by atoms with Crippen molar-refractivity contribution in [3.05, 3.63) is 20.8 Å². The summed E-state index contributed by atoms with van der Waals surface area (Å²) < 4.78 is 1.33. The first-order valence-corrected chi connectivity index (χ1v) is 8.82. The zero-order valence-electron chi connectivity index (χ0n) is 11.4. The molecule has 0 saturated heterocycles. The van der Waals surface area contributed by atoms with Crippen LogP contribution in [0.1, 0.15) is 56.7 Å². The molecule has 0 bridgehead atoms. The van der Waals surface area contributed by atoms with Gasteiger partial charge in [0.05, 0.1) is 0 Å². The van der Waals surface area contributed by atoms with Gasteiger partial charge < -0.3 is 5.32 Å². The predicted molar refractivity (Wildman–Crippen MR) is 84.5 cm³/mol. The van der Waals surface area contributed by atoms with E-state index in [1.807, 2.05) is 11.3 Å².